The maximum Gasteiger partial charge on any atom is 0.418 e. The number of nitrogens with one attached hydrogen (secondary N) is 1. The summed E-state index contributed by atoms with van der Waals surface area (Å²) in [7, 11) is 2.04. The monoisotopic (exact) mass is 387 g/mol. The maximum absolute atomic E-state index is 13.5. The van der Waals surface area contributed by atoms with Gasteiger partial charge in [0.1, 0.15) is 6.17 Å². The number of benzene rings is 1. The lowest BCUT2D eigenvalue weighted by molar-refractivity contribution is -0.137. The molecule has 152 valence electrons. The van der Waals surface area contributed by atoms with Gasteiger partial charge in [-0.2, -0.15) is 13.2 Å². The van der Waals surface area contributed by atoms with Gasteiger partial charge in [-0.3, -0.25) is 4.90 Å². The third kappa shape index (κ3) is 4.74. The van der Waals surface area contributed by atoms with E-state index >= 15 is 0 Å². The van der Waals surface area contributed by atoms with Gasteiger partial charge in [0.15, 0.2) is 0 Å². The minimum atomic E-state index is -4.41. The molecule has 0 unspecified atom stereocenters. The van der Waals surface area contributed by atoms with E-state index in [1.165, 1.54) is 6.07 Å². The van der Waals surface area contributed by atoms with Crippen molar-refractivity contribution in [2.75, 3.05) is 38.1 Å². The molecule has 1 aromatic carbocycles. The average molecular weight is 387 g/mol. The molecule has 1 N–H and O–H groups in total. The standard InChI is InChI=1S/C20H29F4N3/c1-19(7-9-25-10-8-19)26(2)14-15-3-4-17(20(22,23)24)18(13-15)27-11-5-16(21)6-12-27/h3-4,13,16,25H,5-12,14H2,1-2H3. The number of hydrogen-bond donors (Lipinski definition) is 1. The van der Waals surface area contributed by atoms with Crippen molar-refractivity contribution in [2.45, 2.75) is 57.0 Å². The molecule has 0 spiro atoms. The maximum atomic E-state index is 13.5. The van der Waals surface area contributed by atoms with E-state index in [0.717, 1.165) is 31.5 Å². The molecule has 0 atom stereocenters. The second-order valence-corrected chi connectivity index (χ2v) is 8.11. The van der Waals surface area contributed by atoms with Gasteiger partial charge in [-0.05, 0) is 70.4 Å². The first-order chi connectivity index (χ1) is 12.7. The number of alkyl halides is 4. The molecule has 1 aromatic rings. The fourth-order valence-corrected chi connectivity index (χ4v) is 4.08. The Bertz CT molecular complexity index is 633. The highest BCUT2D eigenvalue weighted by Gasteiger charge is 2.36. The first-order valence-corrected chi connectivity index (χ1v) is 9.70. The molecule has 0 radical (unpaired) electrons. The Hall–Kier alpha value is -1.34. The topological polar surface area (TPSA) is 18.5 Å². The minimum absolute atomic E-state index is 0.0423. The van der Waals surface area contributed by atoms with Crippen LogP contribution in [0.25, 0.3) is 0 Å². The number of halogens is 4. The molecular weight excluding hydrogens is 358 g/mol. The van der Waals surface area contributed by atoms with Crippen molar-refractivity contribution in [3.63, 3.8) is 0 Å². The van der Waals surface area contributed by atoms with Crippen molar-refractivity contribution < 1.29 is 17.6 Å². The van der Waals surface area contributed by atoms with Gasteiger partial charge in [-0.1, -0.05) is 6.07 Å². The molecule has 2 aliphatic heterocycles. The number of anilines is 1. The number of rotatable bonds is 4. The number of hydrogen-bond acceptors (Lipinski definition) is 3. The normalized spacial score (nSPS) is 21.7. The summed E-state index contributed by atoms with van der Waals surface area (Å²) in [5.74, 6) is 0. The van der Waals surface area contributed by atoms with Gasteiger partial charge in [0.05, 0.1) is 5.56 Å². The quantitative estimate of drug-likeness (QED) is 0.781. The Kier molecular flexibility index (Phi) is 6.01. The van der Waals surface area contributed by atoms with Crippen molar-refractivity contribution >= 4 is 5.69 Å². The molecule has 0 amide bonds. The van der Waals surface area contributed by atoms with E-state index in [-0.39, 0.29) is 24.1 Å². The van der Waals surface area contributed by atoms with Gasteiger partial charge in [-0.25, -0.2) is 4.39 Å². The second-order valence-electron chi connectivity index (χ2n) is 8.11. The lowest BCUT2D eigenvalue weighted by Gasteiger charge is -2.42. The molecule has 2 fully saturated rings. The summed E-state index contributed by atoms with van der Waals surface area (Å²) in [6.07, 6.45) is -2.72. The highest BCUT2D eigenvalue weighted by molar-refractivity contribution is 5.57. The van der Waals surface area contributed by atoms with Crippen LogP contribution in [0.4, 0.5) is 23.2 Å². The van der Waals surface area contributed by atoms with E-state index in [1.54, 1.807) is 17.0 Å². The summed E-state index contributed by atoms with van der Waals surface area (Å²) in [6, 6.07) is 4.42. The Morgan fingerprint density at radius 2 is 1.81 bits per heavy atom. The van der Waals surface area contributed by atoms with Crippen LogP contribution in [0, 0.1) is 0 Å². The van der Waals surface area contributed by atoms with E-state index in [2.05, 4.69) is 17.1 Å². The van der Waals surface area contributed by atoms with Crippen molar-refractivity contribution in [2.24, 2.45) is 0 Å². The number of nitrogens with zero attached hydrogens (tertiary/aromatic N) is 2. The largest absolute Gasteiger partial charge is 0.418 e. The van der Waals surface area contributed by atoms with E-state index in [1.807, 2.05) is 7.05 Å². The van der Waals surface area contributed by atoms with Crippen molar-refractivity contribution in [3.8, 4) is 0 Å². The third-order valence-corrected chi connectivity index (χ3v) is 6.15. The van der Waals surface area contributed by atoms with Gasteiger partial charge in [0.25, 0.3) is 0 Å². The highest BCUT2D eigenvalue weighted by Crippen LogP contribution is 2.39. The fraction of sp³-hybridized carbons (Fsp3) is 0.700. The summed E-state index contributed by atoms with van der Waals surface area (Å²) in [5, 5.41) is 3.35. The SMILES string of the molecule is CN(Cc1ccc(C(F)(F)F)c(N2CCC(F)CC2)c1)C1(C)CCNCC1. The van der Waals surface area contributed by atoms with Crippen LogP contribution in [0.3, 0.4) is 0 Å². The molecule has 0 aromatic heterocycles. The van der Waals surface area contributed by atoms with Crippen LogP contribution in [-0.2, 0) is 12.7 Å². The van der Waals surface area contributed by atoms with Gasteiger partial charge >= 0.3 is 6.18 Å². The van der Waals surface area contributed by atoms with Crippen LogP contribution in [0.5, 0.6) is 0 Å². The highest BCUT2D eigenvalue weighted by atomic mass is 19.4. The summed E-state index contributed by atoms with van der Waals surface area (Å²) >= 11 is 0. The smallest absolute Gasteiger partial charge is 0.371 e. The molecule has 2 aliphatic rings. The van der Waals surface area contributed by atoms with Crippen LogP contribution in [0.2, 0.25) is 0 Å². The Morgan fingerprint density at radius 1 is 1.19 bits per heavy atom. The predicted octanol–water partition coefficient (Wildman–Crippen LogP) is 4.22. The molecular formula is C20H29F4N3. The molecule has 0 saturated carbocycles. The van der Waals surface area contributed by atoms with Crippen molar-refractivity contribution in [3.05, 3.63) is 29.3 Å². The fourth-order valence-electron chi connectivity index (χ4n) is 4.08. The molecule has 0 bridgehead atoms. The molecule has 27 heavy (non-hydrogen) atoms. The first-order valence-electron chi connectivity index (χ1n) is 9.70. The summed E-state index contributed by atoms with van der Waals surface area (Å²) < 4.78 is 54.0. The van der Waals surface area contributed by atoms with Crippen LogP contribution in [0.1, 0.15) is 43.7 Å². The zero-order valence-electron chi connectivity index (χ0n) is 16.1. The lowest BCUT2D eigenvalue weighted by Crippen LogP contribution is -2.50. The Balaban J connectivity index is 1.83. The van der Waals surface area contributed by atoms with E-state index in [4.69, 9.17) is 0 Å². The molecule has 2 saturated heterocycles. The summed E-state index contributed by atoms with van der Waals surface area (Å²) in [6.45, 7) is 5.38. The lowest BCUT2D eigenvalue weighted by atomic mass is 9.88. The van der Waals surface area contributed by atoms with Crippen LogP contribution in [-0.4, -0.2) is 49.8 Å². The zero-order valence-corrected chi connectivity index (χ0v) is 16.1. The molecule has 7 heteroatoms. The third-order valence-electron chi connectivity index (χ3n) is 6.15. The van der Waals surface area contributed by atoms with E-state index < -0.39 is 17.9 Å². The van der Waals surface area contributed by atoms with Crippen LogP contribution in [0.15, 0.2) is 18.2 Å². The van der Waals surface area contributed by atoms with Crippen molar-refractivity contribution in [1.29, 1.82) is 0 Å². The zero-order chi connectivity index (χ0) is 19.7. The van der Waals surface area contributed by atoms with Gasteiger partial charge in [-0.15, -0.1) is 0 Å². The van der Waals surface area contributed by atoms with Crippen molar-refractivity contribution in [1.82, 2.24) is 10.2 Å². The Labute approximate surface area is 158 Å². The molecule has 2 heterocycles. The molecule has 3 nitrogen and oxygen atoms in total. The van der Waals surface area contributed by atoms with E-state index in [0.29, 0.717) is 19.6 Å². The van der Waals surface area contributed by atoms with Gasteiger partial charge in [0.2, 0.25) is 0 Å². The summed E-state index contributed by atoms with van der Waals surface area (Å²) in [5.41, 5.74) is 0.471. The second kappa shape index (κ2) is 7.95. The van der Waals surface area contributed by atoms with Crippen LogP contribution < -0.4 is 10.2 Å². The average Bonchev–Trinajstić information content (AvgIpc) is 2.62. The molecule has 3 rings (SSSR count). The predicted molar refractivity (Wildman–Crippen MR) is 99.8 cm³/mol. The van der Waals surface area contributed by atoms with Crippen LogP contribution >= 0.6 is 0 Å². The first kappa shape index (κ1) is 20.4. The van der Waals surface area contributed by atoms with Gasteiger partial charge < -0.3 is 10.2 Å². The van der Waals surface area contributed by atoms with E-state index in [9.17, 15) is 17.6 Å². The minimum Gasteiger partial charge on any atom is -0.371 e. The summed E-state index contributed by atoms with van der Waals surface area (Å²) in [4.78, 5) is 3.93. The Morgan fingerprint density at radius 3 is 2.41 bits per heavy atom. The number of piperidine rings is 2. The van der Waals surface area contributed by atoms with Gasteiger partial charge in [0, 0.05) is 30.9 Å². The molecule has 0 aliphatic carbocycles.